The second-order valence-electron chi connectivity index (χ2n) is 10.3. The molecule has 2 N–H and O–H groups in total. The van der Waals surface area contributed by atoms with E-state index in [1.165, 1.54) is 12.1 Å². The van der Waals surface area contributed by atoms with Gasteiger partial charge in [0.25, 0.3) is 0 Å². The highest BCUT2D eigenvalue weighted by Crippen LogP contribution is 2.31. The molecule has 0 spiro atoms. The molecule has 0 bridgehead atoms. The lowest BCUT2D eigenvalue weighted by atomic mass is 10.1. The van der Waals surface area contributed by atoms with Gasteiger partial charge < -0.3 is 15.4 Å². The van der Waals surface area contributed by atoms with E-state index in [1.807, 2.05) is 34.0 Å². The molecule has 5 aromatic rings. The first-order valence-electron chi connectivity index (χ1n) is 12.7. The molecule has 0 unspecified atom stereocenters. The maximum Gasteiger partial charge on any atom is 0.323 e. The minimum Gasteiger partial charge on any atom is -0.457 e. The van der Waals surface area contributed by atoms with Crippen LogP contribution in [0.15, 0.2) is 79.4 Å². The van der Waals surface area contributed by atoms with Crippen molar-refractivity contribution < 1.29 is 13.9 Å². The van der Waals surface area contributed by atoms with Crippen molar-refractivity contribution in [2.24, 2.45) is 7.05 Å². The molecule has 2 amide bonds. The summed E-state index contributed by atoms with van der Waals surface area (Å²) in [4.78, 5) is 17.2. The molecule has 0 saturated heterocycles. The zero-order chi connectivity index (χ0) is 29.1. The van der Waals surface area contributed by atoms with Crippen molar-refractivity contribution in [3.8, 4) is 40.1 Å². The Balaban J connectivity index is 1.31. The first-order chi connectivity index (χ1) is 19.6. The summed E-state index contributed by atoms with van der Waals surface area (Å²) in [6, 6.07) is 15.9. The highest BCUT2D eigenvalue weighted by Gasteiger charge is 2.21. The monoisotopic (exact) mass is 550 g/mol. The lowest BCUT2D eigenvalue weighted by Gasteiger charge is -2.18. The molecule has 10 nitrogen and oxygen atoms in total. The normalized spacial score (nSPS) is 11.1. The van der Waals surface area contributed by atoms with E-state index in [-0.39, 0.29) is 17.0 Å². The number of nitrogens with zero attached hydrogens (tertiary/aromatic N) is 6. The van der Waals surface area contributed by atoms with Gasteiger partial charge in [-0.3, -0.25) is 14.3 Å². The summed E-state index contributed by atoms with van der Waals surface area (Å²) in [5, 5.41) is 23.2. The Morgan fingerprint density at radius 1 is 0.976 bits per heavy atom. The third-order valence-electron chi connectivity index (χ3n) is 6.09. The van der Waals surface area contributed by atoms with Gasteiger partial charge in [0, 0.05) is 48.9 Å². The van der Waals surface area contributed by atoms with Crippen LogP contribution >= 0.6 is 0 Å². The SMILES string of the molecule is Cn1cc(-c2cc(Oc3ccc(NC(=O)Nc4cn(C(C)(C)C)nc4-c4ccc(C#N)cc4)c(F)c3)ccn2)cn1. The Kier molecular flexibility index (Phi) is 7.22. The standard InChI is InChI=1S/C30H27FN8O2/c1-30(2,3)39-18-27(28(37-39)20-7-5-19(15-32)6-8-20)36-29(40)35-25-10-9-22(13-24(25)31)41-23-11-12-33-26(14-23)21-16-34-38(4)17-21/h5-14,16-18H,1-4H3,(H2,35,36,40). The number of aromatic nitrogens is 5. The first-order valence-corrected chi connectivity index (χ1v) is 12.7. The average molecular weight is 551 g/mol. The molecule has 0 atom stereocenters. The molecular weight excluding hydrogens is 523 g/mol. The second kappa shape index (κ2) is 10.9. The Morgan fingerprint density at radius 2 is 1.71 bits per heavy atom. The highest BCUT2D eigenvalue weighted by atomic mass is 19.1. The smallest absolute Gasteiger partial charge is 0.323 e. The zero-order valence-electron chi connectivity index (χ0n) is 22.9. The zero-order valence-corrected chi connectivity index (χ0v) is 22.9. The van der Waals surface area contributed by atoms with Crippen molar-refractivity contribution in [2.75, 3.05) is 10.6 Å². The first kappa shape index (κ1) is 27.1. The predicted octanol–water partition coefficient (Wildman–Crippen LogP) is 6.55. The van der Waals surface area contributed by atoms with Gasteiger partial charge in [-0.05, 0) is 51.1 Å². The summed E-state index contributed by atoms with van der Waals surface area (Å²) >= 11 is 0. The Hall–Kier alpha value is -5.50. The van der Waals surface area contributed by atoms with E-state index >= 15 is 0 Å². The van der Waals surface area contributed by atoms with Crippen molar-refractivity contribution >= 4 is 17.4 Å². The largest absolute Gasteiger partial charge is 0.457 e. The molecule has 41 heavy (non-hydrogen) atoms. The van der Waals surface area contributed by atoms with Gasteiger partial charge in [-0.15, -0.1) is 0 Å². The number of carbonyl (C=O) groups excluding carboxylic acids is 1. The average Bonchev–Trinajstić information content (AvgIpc) is 3.57. The lowest BCUT2D eigenvalue weighted by Crippen LogP contribution is -2.22. The second-order valence-corrected chi connectivity index (χ2v) is 10.3. The number of halogens is 1. The molecule has 2 aromatic carbocycles. The number of hydrogen-bond acceptors (Lipinski definition) is 6. The van der Waals surface area contributed by atoms with Gasteiger partial charge in [-0.2, -0.15) is 15.5 Å². The van der Waals surface area contributed by atoms with E-state index in [0.29, 0.717) is 28.4 Å². The van der Waals surface area contributed by atoms with Gasteiger partial charge in [0.05, 0.1) is 40.4 Å². The lowest BCUT2D eigenvalue weighted by molar-refractivity contribution is 0.262. The van der Waals surface area contributed by atoms with Crippen molar-refractivity contribution in [1.29, 1.82) is 5.26 Å². The molecule has 5 rings (SSSR count). The number of nitriles is 1. The molecule has 0 fully saturated rings. The number of benzene rings is 2. The van der Waals surface area contributed by atoms with E-state index in [4.69, 9.17) is 10.00 Å². The van der Waals surface area contributed by atoms with Crippen LogP contribution in [0.4, 0.5) is 20.6 Å². The van der Waals surface area contributed by atoms with Crippen molar-refractivity contribution in [2.45, 2.75) is 26.3 Å². The fraction of sp³-hybridized carbons (Fsp3) is 0.167. The molecule has 0 radical (unpaired) electrons. The molecule has 0 saturated carbocycles. The number of nitrogens with one attached hydrogen (secondary N) is 2. The summed E-state index contributed by atoms with van der Waals surface area (Å²) in [5.41, 5.74) is 3.30. The van der Waals surface area contributed by atoms with Crippen LogP contribution in [0.1, 0.15) is 26.3 Å². The number of anilines is 2. The van der Waals surface area contributed by atoms with Crippen LogP contribution < -0.4 is 15.4 Å². The van der Waals surface area contributed by atoms with Crippen molar-refractivity contribution in [3.05, 3.63) is 90.8 Å². The minimum absolute atomic E-state index is 0.0243. The number of pyridine rings is 1. The summed E-state index contributed by atoms with van der Waals surface area (Å²) in [6.07, 6.45) is 6.84. The summed E-state index contributed by atoms with van der Waals surface area (Å²) in [7, 11) is 1.82. The number of aryl methyl sites for hydroxylation is 1. The summed E-state index contributed by atoms with van der Waals surface area (Å²) in [6.45, 7) is 5.95. The molecule has 206 valence electrons. The molecule has 0 aliphatic carbocycles. The number of urea groups is 1. The third kappa shape index (κ3) is 6.23. The van der Waals surface area contributed by atoms with Crippen LogP contribution in [0.25, 0.3) is 22.5 Å². The van der Waals surface area contributed by atoms with E-state index in [0.717, 1.165) is 11.1 Å². The van der Waals surface area contributed by atoms with Crippen LogP contribution in [0.5, 0.6) is 11.5 Å². The molecule has 3 aromatic heterocycles. The van der Waals surface area contributed by atoms with Crippen LogP contribution in [-0.4, -0.2) is 30.6 Å². The number of ether oxygens (including phenoxy) is 1. The maximum atomic E-state index is 15.0. The van der Waals surface area contributed by atoms with Crippen LogP contribution in [-0.2, 0) is 12.6 Å². The van der Waals surface area contributed by atoms with E-state index in [9.17, 15) is 9.18 Å². The van der Waals surface area contributed by atoms with Gasteiger partial charge in [-0.1, -0.05) is 12.1 Å². The van der Waals surface area contributed by atoms with Gasteiger partial charge in [0.1, 0.15) is 23.0 Å². The highest BCUT2D eigenvalue weighted by molar-refractivity contribution is 6.02. The van der Waals surface area contributed by atoms with E-state index in [1.54, 1.807) is 70.4 Å². The van der Waals surface area contributed by atoms with Crippen molar-refractivity contribution in [1.82, 2.24) is 24.5 Å². The summed E-state index contributed by atoms with van der Waals surface area (Å²) < 4.78 is 24.2. The molecule has 11 heteroatoms. The van der Waals surface area contributed by atoms with Gasteiger partial charge >= 0.3 is 6.03 Å². The topological polar surface area (TPSA) is 123 Å². The fourth-order valence-corrected chi connectivity index (χ4v) is 3.98. The number of rotatable bonds is 6. The van der Waals surface area contributed by atoms with E-state index < -0.39 is 11.8 Å². The maximum absolute atomic E-state index is 15.0. The fourth-order valence-electron chi connectivity index (χ4n) is 3.98. The quantitative estimate of drug-likeness (QED) is 0.247. The molecule has 0 aliphatic rings. The number of amides is 2. The number of hydrogen-bond donors (Lipinski definition) is 2. The Bertz CT molecular complexity index is 1760. The van der Waals surface area contributed by atoms with Gasteiger partial charge in [0.15, 0.2) is 0 Å². The molecule has 3 heterocycles. The van der Waals surface area contributed by atoms with Crippen LogP contribution in [0.2, 0.25) is 0 Å². The van der Waals surface area contributed by atoms with Crippen LogP contribution in [0.3, 0.4) is 0 Å². The van der Waals surface area contributed by atoms with E-state index in [2.05, 4.69) is 31.9 Å². The number of carbonyl (C=O) groups is 1. The van der Waals surface area contributed by atoms with Crippen LogP contribution in [0, 0.1) is 17.1 Å². The van der Waals surface area contributed by atoms with Gasteiger partial charge in [-0.25, -0.2) is 9.18 Å². The summed E-state index contributed by atoms with van der Waals surface area (Å²) in [5.74, 6) is 0.0612. The minimum atomic E-state index is -0.670. The Labute approximate surface area is 236 Å². The van der Waals surface area contributed by atoms with Crippen molar-refractivity contribution in [3.63, 3.8) is 0 Å². The predicted molar refractivity (Wildman–Crippen MR) is 153 cm³/mol. The Morgan fingerprint density at radius 3 is 2.37 bits per heavy atom. The third-order valence-corrected chi connectivity index (χ3v) is 6.09. The molecular formula is C30H27FN8O2. The molecule has 0 aliphatic heterocycles. The van der Waals surface area contributed by atoms with Gasteiger partial charge in [0.2, 0.25) is 0 Å².